The molecule has 0 aliphatic carbocycles. The van der Waals surface area contributed by atoms with Gasteiger partial charge in [-0.2, -0.15) is 0 Å². The lowest BCUT2D eigenvalue weighted by Gasteiger charge is -2.18. The predicted molar refractivity (Wildman–Crippen MR) is 252 cm³/mol. The Balaban J connectivity index is 4.08. The van der Waals surface area contributed by atoms with Crippen molar-refractivity contribution in [1.29, 1.82) is 0 Å². The molecule has 0 amide bonds. The molecule has 0 N–H and O–H groups in total. The van der Waals surface area contributed by atoms with Crippen molar-refractivity contribution in [2.45, 2.75) is 298 Å². The summed E-state index contributed by atoms with van der Waals surface area (Å²) in [6.07, 6.45) is 46.8. The van der Waals surface area contributed by atoms with E-state index in [-0.39, 0.29) is 31.1 Å². The van der Waals surface area contributed by atoms with Crippen LogP contribution in [0, 0.1) is 11.8 Å². The van der Waals surface area contributed by atoms with Gasteiger partial charge in [-0.15, -0.1) is 0 Å². The molecule has 6 heteroatoms. The third-order valence-corrected chi connectivity index (χ3v) is 12.3. The summed E-state index contributed by atoms with van der Waals surface area (Å²) >= 11 is 0. The molecule has 6 nitrogen and oxygen atoms in total. The molecule has 0 spiro atoms. The smallest absolute Gasteiger partial charge is 0.306 e. The van der Waals surface area contributed by atoms with Gasteiger partial charge in [0.15, 0.2) is 6.10 Å². The number of unbranched alkanes of at least 4 members (excludes halogenated alkanes) is 31. The zero-order valence-electron chi connectivity index (χ0n) is 40.4. The van der Waals surface area contributed by atoms with E-state index in [4.69, 9.17) is 14.2 Å². The van der Waals surface area contributed by atoms with Crippen LogP contribution in [-0.2, 0) is 28.6 Å². The Morgan fingerprint density at radius 3 is 0.966 bits per heavy atom. The summed E-state index contributed by atoms with van der Waals surface area (Å²) in [5.74, 6) is 0.862. The third kappa shape index (κ3) is 45.8. The molecule has 0 saturated carbocycles. The fourth-order valence-corrected chi connectivity index (χ4v) is 7.96. The molecule has 0 aliphatic rings. The first kappa shape index (κ1) is 57.4. The Kier molecular flexibility index (Phi) is 44.7. The monoisotopic (exact) mass is 835 g/mol. The molecule has 0 radical (unpaired) electrons. The van der Waals surface area contributed by atoms with Crippen LogP contribution in [-0.4, -0.2) is 37.2 Å². The van der Waals surface area contributed by atoms with E-state index in [2.05, 4.69) is 34.6 Å². The molecule has 2 atom stereocenters. The van der Waals surface area contributed by atoms with Crippen molar-refractivity contribution in [3.8, 4) is 0 Å². The summed E-state index contributed by atoms with van der Waals surface area (Å²) in [6.45, 7) is 11.4. The van der Waals surface area contributed by atoms with E-state index in [0.717, 1.165) is 69.6 Å². The number of carbonyl (C=O) groups is 3. The van der Waals surface area contributed by atoms with Gasteiger partial charge in [0, 0.05) is 19.3 Å². The quantitative estimate of drug-likeness (QED) is 0.0345. The largest absolute Gasteiger partial charge is 0.462 e. The summed E-state index contributed by atoms with van der Waals surface area (Å²) in [7, 11) is 0. The minimum absolute atomic E-state index is 0.0644. The van der Waals surface area contributed by atoms with Gasteiger partial charge in [-0.05, 0) is 31.1 Å². The number of hydrogen-bond acceptors (Lipinski definition) is 6. The number of carbonyl (C=O) groups excluding carboxylic acids is 3. The Labute approximate surface area is 368 Å². The summed E-state index contributed by atoms with van der Waals surface area (Å²) < 4.78 is 16.7. The van der Waals surface area contributed by atoms with Crippen molar-refractivity contribution in [1.82, 2.24) is 0 Å². The Hall–Kier alpha value is -1.59. The van der Waals surface area contributed by atoms with Gasteiger partial charge in [-0.3, -0.25) is 14.4 Å². The van der Waals surface area contributed by atoms with E-state index in [0.29, 0.717) is 19.3 Å². The van der Waals surface area contributed by atoms with Crippen molar-refractivity contribution in [3.63, 3.8) is 0 Å². The first-order chi connectivity index (χ1) is 28.8. The average Bonchev–Trinajstić information content (AvgIpc) is 3.22. The van der Waals surface area contributed by atoms with E-state index >= 15 is 0 Å². The van der Waals surface area contributed by atoms with Crippen LogP contribution in [0.1, 0.15) is 291 Å². The van der Waals surface area contributed by atoms with Crippen molar-refractivity contribution in [3.05, 3.63) is 0 Å². The maximum absolute atomic E-state index is 12.7. The van der Waals surface area contributed by atoms with E-state index < -0.39 is 6.10 Å². The van der Waals surface area contributed by atoms with Gasteiger partial charge in [-0.1, -0.05) is 253 Å². The van der Waals surface area contributed by atoms with Gasteiger partial charge in [-0.25, -0.2) is 0 Å². The zero-order chi connectivity index (χ0) is 43.3. The van der Waals surface area contributed by atoms with Crippen molar-refractivity contribution >= 4 is 17.9 Å². The molecule has 0 saturated heterocycles. The van der Waals surface area contributed by atoms with Gasteiger partial charge in [0.1, 0.15) is 13.2 Å². The number of rotatable bonds is 47. The zero-order valence-corrected chi connectivity index (χ0v) is 40.4. The van der Waals surface area contributed by atoms with Gasteiger partial charge >= 0.3 is 17.9 Å². The molecule has 0 aliphatic heterocycles. The summed E-state index contributed by atoms with van der Waals surface area (Å²) in [5, 5.41) is 0. The normalized spacial score (nSPS) is 12.5. The lowest BCUT2D eigenvalue weighted by Crippen LogP contribution is -2.30. The standard InChI is InChI=1S/C53H102O6/c1-6-8-9-10-26-35-40-45-53(56)59-50(47-58-52(55)44-39-34-30-25-21-22-27-31-36-41-48(3)4)46-57-51(54)43-38-33-29-24-20-18-16-14-12-11-13-15-17-19-23-28-32-37-42-49(5)7-2/h48-50H,6-47H2,1-5H3/t49?,50-/m1/s1. The van der Waals surface area contributed by atoms with E-state index in [9.17, 15) is 14.4 Å². The van der Waals surface area contributed by atoms with Crippen LogP contribution < -0.4 is 0 Å². The highest BCUT2D eigenvalue weighted by Gasteiger charge is 2.19. The van der Waals surface area contributed by atoms with Crippen molar-refractivity contribution in [2.75, 3.05) is 13.2 Å². The molecule has 0 bridgehead atoms. The molecule has 0 fully saturated rings. The molecular weight excluding hydrogens is 733 g/mol. The Morgan fingerprint density at radius 2 is 0.644 bits per heavy atom. The lowest BCUT2D eigenvalue weighted by molar-refractivity contribution is -0.167. The maximum Gasteiger partial charge on any atom is 0.306 e. The SMILES string of the molecule is CCCCCCCCCC(=O)O[C@H](COC(=O)CCCCCCCCCCCCCCCCCCCCC(C)CC)COC(=O)CCCCCCCCCCCC(C)C. The van der Waals surface area contributed by atoms with Crippen molar-refractivity contribution in [2.24, 2.45) is 11.8 Å². The first-order valence-corrected chi connectivity index (χ1v) is 26.3. The highest BCUT2D eigenvalue weighted by Crippen LogP contribution is 2.18. The van der Waals surface area contributed by atoms with Gasteiger partial charge in [0.25, 0.3) is 0 Å². The second-order valence-corrected chi connectivity index (χ2v) is 18.9. The molecule has 1 unspecified atom stereocenters. The van der Waals surface area contributed by atoms with Crippen LogP contribution in [0.3, 0.4) is 0 Å². The van der Waals surface area contributed by atoms with Crippen LogP contribution in [0.4, 0.5) is 0 Å². The Morgan fingerprint density at radius 1 is 0.356 bits per heavy atom. The number of hydrogen-bond donors (Lipinski definition) is 0. The fraction of sp³-hybridized carbons (Fsp3) is 0.943. The second-order valence-electron chi connectivity index (χ2n) is 18.9. The number of esters is 3. The molecule has 0 aromatic carbocycles. The van der Waals surface area contributed by atoms with E-state index in [1.165, 1.54) is 180 Å². The van der Waals surface area contributed by atoms with Crippen LogP contribution in [0.2, 0.25) is 0 Å². The minimum atomic E-state index is -0.760. The minimum Gasteiger partial charge on any atom is -0.462 e. The fourth-order valence-electron chi connectivity index (χ4n) is 7.96. The van der Waals surface area contributed by atoms with Gasteiger partial charge in [0.05, 0.1) is 0 Å². The molecule has 0 aromatic rings. The molecule has 0 heterocycles. The van der Waals surface area contributed by atoms with Crippen LogP contribution in [0.5, 0.6) is 0 Å². The van der Waals surface area contributed by atoms with Crippen LogP contribution in [0.25, 0.3) is 0 Å². The predicted octanol–water partition coefficient (Wildman–Crippen LogP) is 16.9. The summed E-state index contributed by atoms with van der Waals surface area (Å²) in [6, 6.07) is 0. The van der Waals surface area contributed by atoms with Crippen LogP contribution >= 0.6 is 0 Å². The van der Waals surface area contributed by atoms with Gasteiger partial charge < -0.3 is 14.2 Å². The summed E-state index contributed by atoms with van der Waals surface area (Å²) in [5.41, 5.74) is 0. The van der Waals surface area contributed by atoms with E-state index in [1.807, 2.05) is 0 Å². The average molecular weight is 835 g/mol. The molecule has 350 valence electrons. The van der Waals surface area contributed by atoms with Crippen molar-refractivity contribution < 1.29 is 28.6 Å². The molecule has 0 rings (SSSR count). The molecular formula is C53H102O6. The highest BCUT2D eigenvalue weighted by molar-refractivity contribution is 5.71. The first-order valence-electron chi connectivity index (χ1n) is 26.3. The second kappa shape index (κ2) is 45.9. The van der Waals surface area contributed by atoms with Gasteiger partial charge in [0.2, 0.25) is 0 Å². The lowest BCUT2D eigenvalue weighted by atomic mass is 9.99. The van der Waals surface area contributed by atoms with E-state index in [1.54, 1.807) is 0 Å². The molecule has 59 heavy (non-hydrogen) atoms. The molecule has 0 aromatic heterocycles. The number of ether oxygens (including phenoxy) is 3. The highest BCUT2D eigenvalue weighted by atomic mass is 16.6. The summed E-state index contributed by atoms with van der Waals surface area (Å²) in [4.78, 5) is 37.7. The maximum atomic E-state index is 12.7. The third-order valence-electron chi connectivity index (χ3n) is 12.3. The Bertz CT molecular complexity index is 902. The topological polar surface area (TPSA) is 78.9 Å². The van der Waals surface area contributed by atoms with Crippen LogP contribution in [0.15, 0.2) is 0 Å².